The van der Waals surface area contributed by atoms with Crippen molar-refractivity contribution in [3.05, 3.63) is 83.6 Å². The average Bonchev–Trinajstić information content (AvgIpc) is 3.55. The first kappa shape index (κ1) is 26.5. The Morgan fingerprint density at radius 3 is 2.54 bits per heavy atom. The van der Waals surface area contributed by atoms with E-state index in [0.717, 1.165) is 33.6 Å². The maximum absolute atomic E-state index is 13.1. The summed E-state index contributed by atoms with van der Waals surface area (Å²) in [5, 5.41) is 7.12. The molecule has 2 N–H and O–H groups in total. The zero-order chi connectivity index (χ0) is 27.8. The van der Waals surface area contributed by atoms with Crippen LogP contribution >= 0.6 is 11.3 Å². The van der Waals surface area contributed by atoms with Gasteiger partial charge in [0.2, 0.25) is 10.0 Å². The van der Waals surface area contributed by atoms with Gasteiger partial charge in [-0.15, -0.1) is 11.3 Å². The molecule has 0 aliphatic rings. The molecular formula is C25H19F3N6O3S2. The Bertz CT molecular complexity index is 1780. The SMILES string of the molecule is Cc1cccc(-n2nc(C(=O)Nc3ccc(S(=O)(=O)NCC(F)(F)F)cc3)cc2-c2ccc3ncsc3c2)n1. The highest BCUT2D eigenvalue weighted by Gasteiger charge is 2.30. The summed E-state index contributed by atoms with van der Waals surface area (Å²) in [6.45, 7) is 0.150. The number of amides is 1. The molecular weight excluding hydrogens is 553 g/mol. The van der Waals surface area contributed by atoms with Gasteiger partial charge in [0, 0.05) is 16.9 Å². The molecule has 0 unspecified atom stereocenters. The molecule has 0 saturated heterocycles. The highest BCUT2D eigenvalue weighted by molar-refractivity contribution is 7.89. The van der Waals surface area contributed by atoms with Crippen LogP contribution < -0.4 is 10.0 Å². The van der Waals surface area contributed by atoms with E-state index < -0.39 is 28.7 Å². The maximum Gasteiger partial charge on any atom is 0.402 e. The molecule has 0 radical (unpaired) electrons. The fourth-order valence-electron chi connectivity index (χ4n) is 3.71. The van der Waals surface area contributed by atoms with Crippen LogP contribution in [0.5, 0.6) is 0 Å². The van der Waals surface area contributed by atoms with Gasteiger partial charge in [-0.1, -0.05) is 12.1 Å². The zero-order valence-electron chi connectivity index (χ0n) is 20.1. The van der Waals surface area contributed by atoms with Gasteiger partial charge in [0.15, 0.2) is 11.5 Å². The number of fused-ring (bicyclic) bond motifs is 1. The molecule has 0 spiro atoms. The molecule has 0 fully saturated rings. The third kappa shape index (κ3) is 5.97. The third-order valence-electron chi connectivity index (χ3n) is 5.54. The number of aryl methyl sites for hydroxylation is 1. The first-order valence-electron chi connectivity index (χ1n) is 11.3. The molecule has 0 atom stereocenters. The summed E-state index contributed by atoms with van der Waals surface area (Å²) < 4.78 is 65.4. The van der Waals surface area contributed by atoms with Crippen LogP contribution in [0.4, 0.5) is 18.9 Å². The van der Waals surface area contributed by atoms with E-state index in [9.17, 15) is 26.4 Å². The summed E-state index contributed by atoms with van der Waals surface area (Å²) in [6, 6.07) is 17.5. The van der Waals surface area contributed by atoms with E-state index in [0.29, 0.717) is 11.5 Å². The number of nitrogens with zero attached hydrogens (tertiary/aromatic N) is 4. The van der Waals surface area contributed by atoms with Crippen molar-refractivity contribution in [3.63, 3.8) is 0 Å². The second-order valence-corrected chi connectivity index (χ2v) is 11.1. The summed E-state index contributed by atoms with van der Waals surface area (Å²) in [7, 11) is -4.38. The van der Waals surface area contributed by atoms with Gasteiger partial charge in [-0.2, -0.15) is 18.3 Å². The number of carbonyl (C=O) groups excluding carboxylic acids is 1. The highest BCUT2D eigenvalue weighted by atomic mass is 32.2. The van der Waals surface area contributed by atoms with Crippen LogP contribution in [0.25, 0.3) is 27.3 Å². The molecule has 14 heteroatoms. The number of nitrogens with one attached hydrogen (secondary N) is 2. The maximum atomic E-state index is 13.1. The van der Waals surface area contributed by atoms with E-state index in [1.165, 1.54) is 28.2 Å². The van der Waals surface area contributed by atoms with Crippen LogP contribution in [0, 0.1) is 6.92 Å². The number of hydrogen-bond donors (Lipinski definition) is 2. The second kappa shape index (κ2) is 10.2. The number of carbonyl (C=O) groups is 1. The number of aromatic nitrogens is 4. The number of thiazole rings is 1. The zero-order valence-corrected chi connectivity index (χ0v) is 21.7. The lowest BCUT2D eigenvalue weighted by atomic mass is 10.1. The fraction of sp³-hybridized carbons (Fsp3) is 0.120. The van der Waals surface area contributed by atoms with E-state index in [1.807, 2.05) is 37.3 Å². The van der Waals surface area contributed by atoms with Gasteiger partial charge < -0.3 is 5.32 Å². The summed E-state index contributed by atoms with van der Waals surface area (Å²) in [5.74, 6) is -0.0679. The molecule has 9 nitrogen and oxygen atoms in total. The van der Waals surface area contributed by atoms with Gasteiger partial charge in [0.05, 0.1) is 26.3 Å². The largest absolute Gasteiger partial charge is 0.402 e. The molecule has 39 heavy (non-hydrogen) atoms. The molecule has 0 bridgehead atoms. The molecule has 0 aliphatic heterocycles. The molecule has 0 aliphatic carbocycles. The number of benzene rings is 2. The average molecular weight is 573 g/mol. The number of pyridine rings is 1. The Morgan fingerprint density at radius 2 is 1.82 bits per heavy atom. The van der Waals surface area contributed by atoms with Crippen molar-refractivity contribution in [2.75, 3.05) is 11.9 Å². The van der Waals surface area contributed by atoms with Gasteiger partial charge in [-0.05, 0) is 61.5 Å². The molecule has 5 aromatic rings. The predicted octanol–water partition coefficient (Wildman–Crippen LogP) is 4.95. The lowest BCUT2D eigenvalue weighted by Crippen LogP contribution is -2.33. The molecule has 1 amide bonds. The smallest absolute Gasteiger partial charge is 0.321 e. The number of alkyl halides is 3. The van der Waals surface area contributed by atoms with E-state index in [-0.39, 0.29) is 16.3 Å². The number of anilines is 1. The Morgan fingerprint density at radius 1 is 1.05 bits per heavy atom. The first-order valence-corrected chi connectivity index (χ1v) is 13.7. The summed E-state index contributed by atoms with van der Waals surface area (Å²) in [6.07, 6.45) is -4.69. The van der Waals surface area contributed by atoms with E-state index in [2.05, 4.69) is 20.4 Å². The molecule has 5 rings (SSSR count). The van der Waals surface area contributed by atoms with Crippen LogP contribution in [-0.4, -0.2) is 46.8 Å². The highest BCUT2D eigenvalue weighted by Crippen LogP contribution is 2.29. The molecule has 200 valence electrons. The van der Waals surface area contributed by atoms with Crippen LogP contribution in [0.1, 0.15) is 16.2 Å². The Balaban J connectivity index is 1.43. The monoisotopic (exact) mass is 572 g/mol. The topological polar surface area (TPSA) is 119 Å². The molecule has 3 aromatic heterocycles. The van der Waals surface area contributed by atoms with Gasteiger partial charge in [-0.25, -0.2) is 27.8 Å². The molecule has 2 aromatic carbocycles. The standard InChI is InChI=1S/C25H19F3N6O3S2/c1-15-3-2-4-23(31-15)34-21(16-5-10-19-22(11-16)38-14-29-19)12-20(33-34)24(35)32-17-6-8-18(9-7-17)39(36,37)30-13-25(26,27)28/h2-12,14,30H,13H2,1H3,(H,32,35). The predicted molar refractivity (Wildman–Crippen MR) is 140 cm³/mol. The number of sulfonamides is 1. The van der Waals surface area contributed by atoms with Crippen molar-refractivity contribution < 1.29 is 26.4 Å². The van der Waals surface area contributed by atoms with Crippen LogP contribution in [-0.2, 0) is 10.0 Å². The van der Waals surface area contributed by atoms with Crippen molar-refractivity contribution in [1.82, 2.24) is 24.5 Å². The molecule has 0 saturated carbocycles. The molecule has 3 heterocycles. The Labute approximate surface area is 224 Å². The van der Waals surface area contributed by atoms with E-state index >= 15 is 0 Å². The van der Waals surface area contributed by atoms with Gasteiger partial charge in [0.1, 0.15) is 6.54 Å². The summed E-state index contributed by atoms with van der Waals surface area (Å²) >= 11 is 1.48. The summed E-state index contributed by atoms with van der Waals surface area (Å²) in [5.41, 5.74) is 5.06. The minimum Gasteiger partial charge on any atom is -0.321 e. The van der Waals surface area contributed by atoms with E-state index in [4.69, 9.17) is 0 Å². The number of hydrogen-bond acceptors (Lipinski definition) is 7. The Hall–Kier alpha value is -4.14. The van der Waals surface area contributed by atoms with Crippen molar-refractivity contribution in [2.24, 2.45) is 0 Å². The van der Waals surface area contributed by atoms with Crippen molar-refractivity contribution in [1.29, 1.82) is 0 Å². The quantitative estimate of drug-likeness (QED) is 0.285. The minimum absolute atomic E-state index is 0.0706. The summed E-state index contributed by atoms with van der Waals surface area (Å²) in [4.78, 5) is 21.6. The lowest BCUT2D eigenvalue weighted by molar-refractivity contribution is -0.121. The van der Waals surface area contributed by atoms with Crippen molar-refractivity contribution in [2.45, 2.75) is 18.0 Å². The van der Waals surface area contributed by atoms with Gasteiger partial charge in [0.25, 0.3) is 5.91 Å². The minimum atomic E-state index is -4.69. The van der Waals surface area contributed by atoms with Crippen LogP contribution in [0.15, 0.2) is 77.1 Å². The van der Waals surface area contributed by atoms with Gasteiger partial charge in [-0.3, -0.25) is 4.79 Å². The van der Waals surface area contributed by atoms with Gasteiger partial charge >= 0.3 is 6.18 Å². The van der Waals surface area contributed by atoms with Crippen molar-refractivity contribution >= 4 is 43.2 Å². The second-order valence-electron chi connectivity index (χ2n) is 8.42. The number of rotatable bonds is 7. The lowest BCUT2D eigenvalue weighted by Gasteiger charge is -2.10. The number of halogens is 3. The van der Waals surface area contributed by atoms with Crippen LogP contribution in [0.2, 0.25) is 0 Å². The fourth-order valence-corrected chi connectivity index (χ4v) is 5.44. The Kier molecular flexibility index (Phi) is 6.92. The van der Waals surface area contributed by atoms with E-state index in [1.54, 1.807) is 22.3 Å². The van der Waals surface area contributed by atoms with Crippen molar-refractivity contribution in [3.8, 4) is 17.1 Å². The normalized spacial score (nSPS) is 12.1. The first-order chi connectivity index (χ1) is 18.5. The van der Waals surface area contributed by atoms with Crippen LogP contribution in [0.3, 0.4) is 0 Å². The third-order valence-corrected chi connectivity index (χ3v) is 7.75.